The Labute approximate surface area is 212 Å². The summed E-state index contributed by atoms with van der Waals surface area (Å²) in [6.45, 7) is 6.61. The number of carboxylic acid groups (broad SMARTS) is 1. The number of benzene rings is 2. The first-order valence-electron chi connectivity index (χ1n) is 12.5. The topological polar surface area (TPSA) is 91.0 Å². The highest BCUT2D eigenvalue weighted by atomic mass is 16.5. The normalized spacial score (nSPS) is 18.2. The lowest BCUT2D eigenvalue weighted by Gasteiger charge is -2.31. The lowest BCUT2D eigenvalue weighted by atomic mass is 9.82. The molecule has 36 heavy (non-hydrogen) atoms. The lowest BCUT2D eigenvalue weighted by Crippen LogP contribution is -2.37. The Kier molecular flexibility index (Phi) is 8.44. The molecule has 1 unspecified atom stereocenters. The highest BCUT2D eigenvalue weighted by molar-refractivity contribution is 5.76. The molecule has 0 saturated heterocycles. The standard InChI is InChI=1S/C29H35NO6/c1-20-26(19-33-17-21-8-7-9-22(16-21)18-34-29(2,3)28(31)32)30-27(35-20)23-12-14-25(15-13-23)36-24-10-5-4-6-11-24/h4-6,10-15,21-22H,7-9,16-19H2,1-3H3,(H,31,32)/t21-,22?/m0/s1. The smallest absolute Gasteiger partial charge is 0.335 e. The van der Waals surface area contributed by atoms with Crippen molar-refractivity contribution < 1.29 is 28.5 Å². The molecule has 0 amide bonds. The first-order chi connectivity index (χ1) is 17.3. The zero-order valence-electron chi connectivity index (χ0n) is 21.2. The predicted octanol–water partition coefficient (Wildman–Crippen LogP) is 6.65. The van der Waals surface area contributed by atoms with E-state index in [1.54, 1.807) is 13.8 Å². The number of hydrogen-bond acceptors (Lipinski definition) is 6. The molecular weight excluding hydrogens is 458 g/mol. The molecule has 7 heteroatoms. The zero-order chi connectivity index (χ0) is 25.5. The van der Waals surface area contributed by atoms with Gasteiger partial charge in [-0.1, -0.05) is 24.6 Å². The fourth-order valence-electron chi connectivity index (χ4n) is 4.39. The first kappa shape index (κ1) is 25.9. The van der Waals surface area contributed by atoms with Gasteiger partial charge >= 0.3 is 5.97 Å². The van der Waals surface area contributed by atoms with Gasteiger partial charge in [0.05, 0.1) is 13.2 Å². The van der Waals surface area contributed by atoms with Crippen molar-refractivity contribution in [3.63, 3.8) is 0 Å². The molecule has 4 rings (SSSR count). The van der Waals surface area contributed by atoms with Gasteiger partial charge in [-0.2, -0.15) is 0 Å². The largest absolute Gasteiger partial charge is 0.479 e. The molecule has 2 atom stereocenters. The fraction of sp³-hybridized carbons (Fsp3) is 0.448. The van der Waals surface area contributed by atoms with Gasteiger partial charge < -0.3 is 23.7 Å². The summed E-state index contributed by atoms with van der Waals surface area (Å²) in [5.74, 6) is 2.71. The SMILES string of the molecule is Cc1oc(-c2ccc(Oc3ccccc3)cc2)nc1COC[C@H]1CCCC(COC(C)(C)C(=O)O)C1. The number of ether oxygens (including phenoxy) is 3. The molecule has 3 aromatic rings. The van der Waals surface area contributed by atoms with Crippen LogP contribution in [0.3, 0.4) is 0 Å². The molecule has 192 valence electrons. The van der Waals surface area contributed by atoms with Crippen LogP contribution in [0.25, 0.3) is 11.5 Å². The molecule has 1 saturated carbocycles. The van der Waals surface area contributed by atoms with Crippen molar-refractivity contribution in [3.05, 3.63) is 66.1 Å². The third kappa shape index (κ3) is 6.95. The number of aryl methyl sites for hydroxylation is 1. The van der Waals surface area contributed by atoms with Crippen LogP contribution < -0.4 is 4.74 Å². The van der Waals surface area contributed by atoms with E-state index in [4.69, 9.17) is 18.6 Å². The van der Waals surface area contributed by atoms with Crippen molar-refractivity contribution in [2.24, 2.45) is 11.8 Å². The van der Waals surface area contributed by atoms with Crippen molar-refractivity contribution >= 4 is 5.97 Å². The molecule has 1 aromatic heterocycles. The number of nitrogens with zero attached hydrogens (tertiary/aromatic N) is 1. The molecule has 0 spiro atoms. The fourth-order valence-corrected chi connectivity index (χ4v) is 4.39. The molecule has 0 radical (unpaired) electrons. The highest BCUT2D eigenvalue weighted by Crippen LogP contribution is 2.31. The van der Waals surface area contributed by atoms with E-state index in [9.17, 15) is 9.90 Å². The van der Waals surface area contributed by atoms with Gasteiger partial charge in [-0.25, -0.2) is 9.78 Å². The summed E-state index contributed by atoms with van der Waals surface area (Å²) in [5, 5.41) is 9.25. The van der Waals surface area contributed by atoms with Crippen LogP contribution in [0.4, 0.5) is 0 Å². The maximum atomic E-state index is 11.3. The van der Waals surface area contributed by atoms with E-state index < -0.39 is 11.6 Å². The summed E-state index contributed by atoms with van der Waals surface area (Å²) in [6, 6.07) is 17.3. The van der Waals surface area contributed by atoms with Crippen LogP contribution in [0.1, 0.15) is 51.0 Å². The van der Waals surface area contributed by atoms with E-state index in [1.165, 1.54) is 0 Å². The number of carboxylic acids is 1. The maximum Gasteiger partial charge on any atom is 0.335 e. The second kappa shape index (κ2) is 11.7. The number of aliphatic carboxylic acids is 1. The van der Waals surface area contributed by atoms with Crippen LogP contribution in [-0.2, 0) is 20.9 Å². The Morgan fingerprint density at radius 3 is 2.39 bits per heavy atom. The van der Waals surface area contributed by atoms with Gasteiger partial charge in [0, 0.05) is 12.2 Å². The van der Waals surface area contributed by atoms with Crippen molar-refractivity contribution in [2.75, 3.05) is 13.2 Å². The number of aromatic nitrogens is 1. The third-order valence-electron chi connectivity index (χ3n) is 6.65. The molecule has 0 bridgehead atoms. The zero-order valence-corrected chi connectivity index (χ0v) is 21.2. The molecule has 1 heterocycles. The number of rotatable bonds is 11. The van der Waals surface area contributed by atoms with Crippen LogP contribution in [0, 0.1) is 18.8 Å². The minimum atomic E-state index is -1.15. The van der Waals surface area contributed by atoms with Gasteiger partial charge in [0.25, 0.3) is 0 Å². The summed E-state index contributed by atoms with van der Waals surface area (Å²) in [4.78, 5) is 15.9. The number of para-hydroxylation sites is 1. The van der Waals surface area contributed by atoms with E-state index in [2.05, 4.69) is 4.98 Å². The Bertz CT molecular complexity index is 1120. The van der Waals surface area contributed by atoms with Crippen LogP contribution in [-0.4, -0.2) is 34.9 Å². The number of hydrogen-bond donors (Lipinski definition) is 1. The van der Waals surface area contributed by atoms with Gasteiger partial charge in [-0.3, -0.25) is 0 Å². The molecule has 1 fully saturated rings. The Balaban J connectivity index is 1.26. The second-order valence-corrected chi connectivity index (χ2v) is 10.0. The molecular formula is C29H35NO6. The van der Waals surface area contributed by atoms with E-state index >= 15 is 0 Å². The van der Waals surface area contributed by atoms with Gasteiger partial charge in [0.2, 0.25) is 5.89 Å². The minimum Gasteiger partial charge on any atom is -0.479 e. The first-order valence-corrected chi connectivity index (χ1v) is 12.5. The Morgan fingerprint density at radius 1 is 1.03 bits per heavy atom. The second-order valence-electron chi connectivity index (χ2n) is 10.0. The van der Waals surface area contributed by atoms with Crippen LogP contribution >= 0.6 is 0 Å². The quantitative estimate of drug-likeness (QED) is 0.320. The minimum absolute atomic E-state index is 0.361. The number of carbonyl (C=O) groups is 1. The lowest BCUT2D eigenvalue weighted by molar-refractivity contribution is -0.163. The van der Waals surface area contributed by atoms with Crippen molar-refractivity contribution in [1.29, 1.82) is 0 Å². The van der Waals surface area contributed by atoms with Crippen LogP contribution in [0.2, 0.25) is 0 Å². The summed E-state index contributed by atoms with van der Waals surface area (Å²) in [5.41, 5.74) is 0.526. The highest BCUT2D eigenvalue weighted by Gasteiger charge is 2.30. The molecule has 1 aliphatic carbocycles. The Hall–Kier alpha value is -3.16. The monoisotopic (exact) mass is 493 g/mol. The van der Waals surface area contributed by atoms with E-state index in [-0.39, 0.29) is 0 Å². The van der Waals surface area contributed by atoms with Crippen molar-refractivity contribution in [1.82, 2.24) is 4.98 Å². The van der Waals surface area contributed by atoms with Crippen molar-refractivity contribution in [2.45, 2.75) is 58.7 Å². The molecule has 2 aromatic carbocycles. The van der Waals surface area contributed by atoms with Crippen LogP contribution in [0.15, 0.2) is 59.0 Å². The van der Waals surface area contributed by atoms with E-state index in [1.807, 2.05) is 61.5 Å². The van der Waals surface area contributed by atoms with E-state index in [0.717, 1.165) is 54.2 Å². The maximum absolute atomic E-state index is 11.3. The summed E-state index contributed by atoms with van der Waals surface area (Å²) in [6.07, 6.45) is 4.26. The molecule has 0 aliphatic heterocycles. The van der Waals surface area contributed by atoms with Crippen LogP contribution in [0.5, 0.6) is 11.5 Å². The Morgan fingerprint density at radius 2 is 1.69 bits per heavy atom. The molecule has 7 nitrogen and oxygen atoms in total. The summed E-state index contributed by atoms with van der Waals surface area (Å²) >= 11 is 0. The third-order valence-corrected chi connectivity index (χ3v) is 6.65. The molecule has 1 N–H and O–H groups in total. The molecule has 1 aliphatic rings. The number of oxazole rings is 1. The average Bonchev–Trinajstić information content (AvgIpc) is 3.24. The van der Waals surface area contributed by atoms with Gasteiger partial charge in [0.15, 0.2) is 5.60 Å². The van der Waals surface area contributed by atoms with Crippen molar-refractivity contribution in [3.8, 4) is 23.0 Å². The van der Waals surface area contributed by atoms with Gasteiger partial charge in [-0.05, 0) is 88.3 Å². The summed E-state index contributed by atoms with van der Waals surface area (Å²) in [7, 11) is 0. The van der Waals surface area contributed by atoms with Gasteiger partial charge in [-0.15, -0.1) is 0 Å². The average molecular weight is 494 g/mol. The summed E-state index contributed by atoms with van der Waals surface area (Å²) < 4.78 is 23.5. The van der Waals surface area contributed by atoms with E-state index in [0.29, 0.717) is 37.5 Å². The van der Waals surface area contributed by atoms with Gasteiger partial charge in [0.1, 0.15) is 23.0 Å². The predicted molar refractivity (Wildman–Crippen MR) is 136 cm³/mol.